The fraction of sp³-hybridized carbons (Fsp3) is 0.500. The van der Waals surface area contributed by atoms with E-state index in [9.17, 15) is 10.2 Å². The van der Waals surface area contributed by atoms with Gasteiger partial charge < -0.3 is 19.7 Å². The molecule has 2 rings (SSSR count). The maximum absolute atomic E-state index is 9.86. The Labute approximate surface area is 128 Å². The highest BCUT2D eigenvalue weighted by atomic mass is 32.1. The largest absolute Gasteiger partial charge is 0.499 e. The van der Waals surface area contributed by atoms with Crippen LogP contribution in [0.2, 0.25) is 0 Å². The molecule has 4 nitrogen and oxygen atoms in total. The Hall–Kier alpha value is -1.62. The molecule has 0 aliphatic heterocycles. The average molecular weight is 310 g/mol. The molecule has 0 radical (unpaired) electrons. The number of thiophene rings is 1. The summed E-state index contributed by atoms with van der Waals surface area (Å²) in [5.74, 6) is 1.25. The van der Waals surface area contributed by atoms with Crippen LogP contribution in [-0.2, 0) is 0 Å². The summed E-state index contributed by atoms with van der Waals surface area (Å²) in [6.07, 6.45) is 4.04. The summed E-state index contributed by atoms with van der Waals surface area (Å²) in [5, 5.41) is 21.1. The van der Waals surface area contributed by atoms with Crippen LogP contribution in [0.5, 0.6) is 21.6 Å². The molecule has 0 saturated carbocycles. The number of rotatable bonds is 8. The predicted molar refractivity (Wildman–Crippen MR) is 86.0 cm³/mol. The maximum atomic E-state index is 9.86. The summed E-state index contributed by atoms with van der Waals surface area (Å²) in [5.41, 5.74) is 0. The zero-order valence-corrected chi connectivity index (χ0v) is 13.3. The zero-order chi connectivity index (χ0) is 15.2. The number of fused-ring (bicyclic) bond motifs is 1. The van der Waals surface area contributed by atoms with Crippen LogP contribution in [0.1, 0.15) is 39.5 Å². The van der Waals surface area contributed by atoms with Crippen LogP contribution in [0.15, 0.2) is 12.1 Å². The Balaban J connectivity index is 2.30. The Morgan fingerprint density at radius 1 is 0.857 bits per heavy atom. The number of ether oxygens (including phenoxy) is 2. The number of unbranched alkanes of at least 4 members (excludes halogenated alkanes) is 2. The molecule has 21 heavy (non-hydrogen) atoms. The standard InChI is InChI=1S/C16H22O4S/c1-3-5-7-19-13-9-11-12(16(18)21-15(11)17)10-14(13)20-8-6-4-2/h9-10,17-18H,3-8H2,1-2H3. The number of benzene rings is 1. The van der Waals surface area contributed by atoms with E-state index in [2.05, 4.69) is 13.8 Å². The molecule has 0 fully saturated rings. The average Bonchev–Trinajstić information content (AvgIpc) is 2.74. The molecular formula is C16H22O4S. The van der Waals surface area contributed by atoms with Gasteiger partial charge in [-0.1, -0.05) is 38.0 Å². The van der Waals surface area contributed by atoms with E-state index in [0.717, 1.165) is 37.0 Å². The molecule has 2 aromatic rings. The maximum Gasteiger partial charge on any atom is 0.182 e. The third-order valence-electron chi connectivity index (χ3n) is 3.25. The summed E-state index contributed by atoms with van der Waals surface area (Å²) in [6, 6.07) is 3.50. The second-order valence-electron chi connectivity index (χ2n) is 4.96. The van der Waals surface area contributed by atoms with Gasteiger partial charge in [0.2, 0.25) is 0 Å². The van der Waals surface area contributed by atoms with Gasteiger partial charge in [-0.05, 0) is 25.0 Å². The quantitative estimate of drug-likeness (QED) is 0.696. The summed E-state index contributed by atoms with van der Waals surface area (Å²) >= 11 is 0.957. The zero-order valence-electron chi connectivity index (χ0n) is 12.5. The highest BCUT2D eigenvalue weighted by molar-refractivity contribution is 7.17. The van der Waals surface area contributed by atoms with Gasteiger partial charge in [0.1, 0.15) is 0 Å². The molecule has 0 amide bonds. The van der Waals surface area contributed by atoms with Gasteiger partial charge >= 0.3 is 0 Å². The molecule has 0 atom stereocenters. The first-order valence-corrected chi connectivity index (χ1v) is 8.23. The second-order valence-corrected chi connectivity index (χ2v) is 5.94. The van der Waals surface area contributed by atoms with Gasteiger partial charge in [-0.3, -0.25) is 0 Å². The molecule has 2 N–H and O–H groups in total. The normalized spacial score (nSPS) is 11.0. The molecule has 116 valence electrons. The van der Waals surface area contributed by atoms with Crippen LogP contribution in [0.4, 0.5) is 0 Å². The van der Waals surface area contributed by atoms with Crippen molar-refractivity contribution >= 4 is 22.1 Å². The fourth-order valence-electron chi connectivity index (χ4n) is 1.99. The lowest BCUT2D eigenvalue weighted by atomic mass is 10.2. The molecule has 0 aliphatic carbocycles. The first kappa shape index (κ1) is 15.8. The molecule has 0 bridgehead atoms. The molecule has 1 aromatic heterocycles. The van der Waals surface area contributed by atoms with E-state index in [1.54, 1.807) is 12.1 Å². The fourth-order valence-corrected chi connectivity index (χ4v) is 2.73. The van der Waals surface area contributed by atoms with Gasteiger partial charge in [-0.25, -0.2) is 0 Å². The minimum Gasteiger partial charge on any atom is -0.499 e. The van der Waals surface area contributed by atoms with Crippen molar-refractivity contribution in [3.63, 3.8) is 0 Å². The highest BCUT2D eigenvalue weighted by Crippen LogP contribution is 2.46. The van der Waals surface area contributed by atoms with Gasteiger partial charge in [0.25, 0.3) is 0 Å². The Morgan fingerprint density at radius 3 is 1.67 bits per heavy atom. The van der Waals surface area contributed by atoms with Gasteiger partial charge in [0.05, 0.1) is 13.2 Å². The monoisotopic (exact) mass is 310 g/mol. The smallest absolute Gasteiger partial charge is 0.182 e. The molecular weight excluding hydrogens is 288 g/mol. The van der Waals surface area contributed by atoms with Gasteiger partial charge in [0.15, 0.2) is 21.6 Å². The van der Waals surface area contributed by atoms with Crippen molar-refractivity contribution in [2.75, 3.05) is 13.2 Å². The van der Waals surface area contributed by atoms with Crippen molar-refractivity contribution in [2.24, 2.45) is 0 Å². The first-order valence-electron chi connectivity index (χ1n) is 7.41. The Kier molecular flexibility index (Phi) is 5.56. The van der Waals surface area contributed by atoms with E-state index >= 15 is 0 Å². The van der Waals surface area contributed by atoms with Crippen molar-refractivity contribution in [3.05, 3.63) is 12.1 Å². The summed E-state index contributed by atoms with van der Waals surface area (Å²) in [4.78, 5) is 0. The topological polar surface area (TPSA) is 58.9 Å². The molecule has 0 saturated heterocycles. The van der Waals surface area contributed by atoms with Gasteiger partial charge in [-0.15, -0.1) is 0 Å². The molecule has 5 heteroatoms. The summed E-state index contributed by atoms with van der Waals surface area (Å²) in [6.45, 7) is 5.44. The van der Waals surface area contributed by atoms with Gasteiger partial charge in [-0.2, -0.15) is 0 Å². The molecule has 0 aliphatic rings. The SMILES string of the molecule is CCCCOc1cc2c(O)sc(O)c2cc1OCCCC. The van der Waals surface area contributed by atoms with Crippen LogP contribution in [0.25, 0.3) is 10.8 Å². The van der Waals surface area contributed by atoms with Crippen LogP contribution in [0.3, 0.4) is 0 Å². The Bertz CT molecular complexity index is 541. The van der Waals surface area contributed by atoms with Crippen molar-refractivity contribution in [1.29, 1.82) is 0 Å². The van der Waals surface area contributed by atoms with E-state index in [1.807, 2.05) is 0 Å². The Morgan fingerprint density at radius 2 is 1.29 bits per heavy atom. The molecule has 1 heterocycles. The molecule has 0 spiro atoms. The van der Waals surface area contributed by atoms with Crippen LogP contribution in [0, 0.1) is 0 Å². The van der Waals surface area contributed by atoms with E-state index in [4.69, 9.17) is 9.47 Å². The van der Waals surface area contributed by atoms with Crippen molar-refractivity contribution in [2.45, 2.75) is 39.5 Å². The first-order chi connectivity index (χ1) is 10.2. The third-order valence-corrected chi connectivity index (χ3v) is 4.08. The predicted octanol–water partition coefficient (Wildman–Crippen LogP) is 4.67. The molecule has 0 unspecified atom stereocenters. The van der Waals surface area contributed by atoms with E-state index in [-0.39, 0.29) is 10.1 Å². The van der Waals surface area contributed by atoms with Crippen LogP contribution in [-0.4, -0.2) is 23.4 Å². The van der Waals surface area contributed by atoms with Crippen LogP contribution >= 0.6 is 11.3 Å². The lowest BCUT2D eigenvalue weighted by molar-refractivity contribution is 0.262. The van der Waals surface area contributed by atoms with E-state index in [0.29, 0.717) is 35.5 Å². The minimum atomic E-state index is 0.1000. The second kappa shape index (κ2) is 7.41. The van der Waals surface area contributed by atoms with E-state index in [1.165, 1.54) is 0 Å². The van der Waals surface area contributed by atoms with E-state index < -0.39 is 0 Å². The van der Waals surface area contributed by atoms with Crippen LogP contribution < -0.4 is 9.47 Å². The lowest BCUT2D eigenvalue weighted by Gasteiger charge is -2.13. The lowest BCUT2D eigenvalue weighted by Crippen LogP contribution is -2.02. The minimum absolute atomic E-state index is 0.1000. The number of hydrogen-bond acceptors (Lipinski definition) is 5. The van der Waals surface area contributed by atoms with Crippen molar-refractivity contribution in [1.82, 2.24) is 0 Å². The number of hydrogen-bond donors (Lipinski definition) is 2. The highest BCUT2D eigenvalue weighted by Gasteiger charge is 2.15. The van der Waals surface area contributed by atoms with Gasteiger partial charge in [0, 0.05) is 10.8 Å². The molecule has 1 aromatic carbocycles. The summed E-state index contributed by atoms with van der Waals surface area (Å²) < 4.78 is 11.5. The summed E-state index contributed by atoms with van der Waals surface area (Å²) in [7, 11) is 0. The third kappa shape index (κ3) is 3.73. The van der Waals surface area contributed by atoms with Crippen molar-refractivity contribution in [3.8, 4) is 21.6 Å². The number of aromatic hydroxyl groups is 2. The van der Waals surface area contributed by atoms with Crippen molar-refractivity contribution < 1.29 is 19.7 Å².